The van der Waals surface area contributed by atoms with Gasteiger partial charge in [-0.05, 0) is 19.5 Å². The van der Waals surface area contributed by atoms with Crippen molar-refractivity contribution in [1.29, 1.82) is 0 Å². The molecule has 0 aromatic rings. The van der Waals surface area contributed by atoms with Gasteiger partial charge in [-0.1, -0.05) is 27.7 Å². The van der Waals surface area contributed by atoms with Gasteiger partial charge in [0.05, 0.1) is 6.54 Å². The first-order valence-corrected chi connectivity index (χ1v) is 5.51. The SMILES string of the molecule is CC(C)NCCCNCC(=O)C(C)C.[HH].[HH]. The minimum atomic E-state index is 0. The van der Waals surface area contributed by atoms with E-state index in [1.54, 1.807) is 0 Å². The lowest BCUT2D eigenvalue weighted by atomic mass is 10.1. The molecule has 0 aromatic carbocycles. The third kappa shape index (κ3) is 8.20. The van der Waals surface area contributed by atoms with Gasteiger partial charge in [-0.2, -0.15) is 0 Å². The van der Waals surface area contributed by atoms with Crippen molar-refractivity contribution in [2.45, 2.75) is 40.2 Å². The summed E-state index contributed by atoms with van der Waals surface area (Å²) >= 11 is 0. The fourth-order valence-electron chi connectivity index (χ4n) is 1.02. The molecular formula is C11H28N2O. The van der Waals surface area contributed by atoms with Crippen LogP contribution in [0, 0.1) is 5.92 Å². The standard InChI is InChI=1S/C11H24N2O.2H2/c1-9(2)11(14)8-12-6-5-7-13-10(3)4;;/h9-10,12-13H,5-8H2,1-4H3;2*1H. The Balaban J connectivity index is -0.000000845. The van der Waals surface area contributed by atoms with Gasteiger partial charge in [0.2, 0.25) is 0 Å². The summed E-state index contributed by atoms with van der Waals surface area (Å²) in [5, 5.41) is 6.48. The average Bonchev–Trinajstić information content (AvgIpc) is 2.09. The summed E-state index contributed by atoms with van der Waals surface area (Å²) in [7, 11) is 0. The zero-order valence-corrected chi connectivity index (χ0v) is 9.89. The zero-order chi connectivity index (χ0) is 11.0. The molecule has 0 fully saturated rings. The smallest absolute Gasteiger partial charge is 0.149 e. The van der Waals surface area contributed by atoms with Crippen molar-refractivity contribution in [3.05, 3.63) is 0 Å². The van der Waals surface area contributed by atoms with Crippen LogP contribution < -0.4 is 10.6 Å². The summed E-state index contributed by atoms with van der Waals surface area (Å²) in [6.45, 7) is 10.6. The Hall–Kier alpha value is -0.410. The molecule has 0 radical (unpaired) electrons. The maximum Gasteiger partial charge on any atom is 0.149 e. The quantitative estimate of drug-likeness (QED) is 0.591. The van der Waals surface area contributed by atoms with Crippen molar-refractivity contribution in [3.63, 3.8) is 0 Å². The summed E-state index contributed by atoms with van der Waals surface area (Å²) in [6, 6.07) is 0.548. The van der Waals surface area contributed by atoms with Crippen LogP contribution in [-0.2, 0) is 4.79 Å². The largest absolute Gasteiger partial charge is 0.314 e. The van der Waals surface area contributed by atoms with Gasteiger partial charge in [0.25, 0.3) is 0 Å². The molecule has 0 aliphatic rings. The van der Waals surface area contributed by atoms with Crippen LogP contribution in [0.2, 0.25) is 0 Å². The van der Waals surface area contributed by atoms with Crippen molar-refractivity contribution in [3.8, 4) is 0 Å². The lowest BCUT2D eigenvalue weighted by Crippen LogP contribution is -2.30. The Morgan fingerprint density at radius 3 is 2.36 bits per heavy atom. The molecule has 0 unspecified atom stereocenters. The molecule has 0 atom stereocenters. The van der Waals surface area contributed by atoms with E-state index in [4.69, 9.17) is 0 Å². The summed E-state index contributed by atoms with van der Waals surface area (Å²) in [4.78, 5) is 11.2. The van der Waals surface area contributed by atoms with E-state index in [1.165, 1.54) is 0 Å². The van der Waals surface area contributed by atoms with Crippen LogP contribution in [0.5, 0.6) is 0 Å². The van der Waals surface area contributed by atoms with Gasteiger partial charge in [-0.15, -0.1) is 0 Å². The summed E-state index contributed by atoms with van der Waals surface area (Å²) in [5.74, 6) is 0.443. The summed E-state index contributed by atoms with van der Waals surface area (Å²) in [6.07, 6.45) is 1.07. The fourth-order valence-corrected chi connectivity index (χ4v) is 1.02. The van der Waals surface area contributed by atoms with Gasteiger partial charge in [-0.3, -0.25) is 4.79 Å². The Morgan fingerprint density at radius 1 is 1.21 bits per heavy atom. The van der Waals surface area contributed by atoms with Gasteiger partial charge in [0.15, 0.2) is 0 Å². The maximum absolute atomic E-state index is 11.2. The van der Waals surface area contributed by atoms with Gasteiger partial charge in [-0.25, -0.2) is 0 Å². The van der Waals surface area contributed by atoms with Crippen LogP contribution in [0.3, 0.4) is 0 Å². The maximum atomic E-state index is 11.2. The average molecular weight is 204 g/mol. The minimum absolute atomic E-state index is 0. The summed E-state index contributed by atoms with van der Waals surface area (Å²) in [5.41, 5.74) is 0. The van der Waals surface area contributed by atoms with Crippen LogP contribution in [-0.4, -0.2) is 31.5 Å². The molecule has 2 N–H and O–H groups in total. The van der Waals surface area contributed by atoms with E-state index < -0.39 is 0 Å². The molecule has 0 heterocycles. The van der Waals surface area contributed by atoms with Crippen molar-refractivity contribution in [2.75, 3.05) is 19.6 Å². The predicted octanol–water partition coefficient (Wildman–Crippen LogP) is 1.68. The minimum Gasteiger partial charge on any atom is -0.314 e. The highest BCUT2D eigenvalue weighted by atomic mass is 16.1. The first-order chi connectivity index (χ1) is 6.54. The molecule has 0 bridgehead atoms. The highest BCUT2D eigenvalue weighted by molar-refractivity contribution is 5.82. The Kier molecular flexibility index (Phi) is 7.71. The second-order valence-corrected chi connectivity index (χ2v) is 4.26. The van der Waals surface area contributed by atoms with E-state index in [0.717, 1.165) is 19.5 Å². The second-order valence-electron chi connectivity index (χ2n) is 4.26. The number of carbonyl (C=O) groups is 1. The second kappa shape index (κ2) is 7.94. The first kappa shape index (κ1) is 13.6. The molecule has 0 rings (SSSR count). The zero-order valence-electron chi connectivity index (χ0n) is 9.89. The van der Waals surface area contributed by atoms with Gasteiger partial charge >= 0.3 is 0 Å². The van der Waals surface area contributed by atoms with Gasteiger partial charge < -0.3 is 10.6 Å². The van der Waals surface area contributed by atoms with Crippen molar-refractivity contribution >= 4 is 5.78 Å². The Labute approximate surface area is 90.6 Å². The molecule has 0 aliphatic heterocycles. The van der Waals surface area contributed by atoms with Gasteiger partial charge in [0, 0.05) is 14.8 Å². The molecule has 3 nitrogen and oxygen atoms in total. The molecule has 0 amide bonds. The van der Waals surface area contributed by atoms with Gasteiger partial charge in [0.1, 0.15) is 5.78 Å². The molecule has 14 heavy (non-hydrogen) atoms. The predicted molar refractivity (Wildman–Crippen MR) is 64.7 cm³/mol. The number of ketones is 1. The number of carbonyl (C=O) groups excluding carboxylic acids is 1. The molecule has 0 saturated heterocycles. The lowest BCUT2D eigenvalue weighted by Gasteiger charge is -2.09. The number of hydrogen-bond acceptors (Lipinski definition) is 3. The highest BCUT2D eigenvalue weighted by Gasteiger charge is 2.05. The Bertz CT molecular complexity index is 164. The molecule has 88 valence electrons. The molecule has 0 spiro atoms. The number of hydrogen-bond donors (Lipinski definition) is 2. The number of Topliss-reactive ketones (excluding diaryl/α,β-unsaturated/α-hetero) is 1. The van der Waals surface area contributed by atoms with E-state index in [-0.39, 0.29) is 8.77 Å². The normalized spacial score (nSPS) is 11.3. The van der Waals surface area contributed by atoms with E-state index >= 15 is 0 Å². The van der Waals surface area contributed by atoms with E-state index in [1.807, 2.05) is 13.8 Å². The lowest BCUT2D eigenvalue weighted by molar-refractivity contribution is -0.121. The monoisotopic (exact) mass is 204 g/mol. The third-order valence-electron chi connectivity index (χ3n) is 2.03. The van der Waals surface area contributed by atoms with Crippen LogP contribution in [0.15, 0.2) is 0 Å². The van der Waals surface area contributed by atoms with Crippen molar-refractivity contribution in [2.24, 2.45) is 5.92 Å². The van der Waals surface area contributed by atoms with Crippen molar-refractivity contribution in [1.82, 2.24) is 10.6 Å². The number of nitrogens with one attached hydrogen (secondary N) is 2. The number of rotatable bonds is 8. The van der Waals surface area contributed by atoms with E-state index in [0.29, 0.717) is 18.4 Å². The van der Waals surface area contributed by atoms with E-state index in [2.05, 4.69) is 24.5 Å². The molecule has 0 aromatic heterocycles. The highest BCUT2D eigenvalue weighted by Crippen LogP contribution is 1.91. The fraction of sp³-hybridized carbons (Fsp3) is 0.909. The van der Waals surface area contributed by atoms with Crippen LogP contribution in [0.4, 0.5) is 0 Å². The third-order valence-corrected chi connectivity index (χ3v) is 2.03. The van der Waals surface area contributed by atoms with Crippen molar-refractivity contribution < 1.29 is 7.65 Å². The first-order valence-electron chi connectivity index (χ1n) is 5.51. The van der Waals surface area contributed by atoms with Crippen LogP contribution in [0.25, 0.3) is 0 Å². The molecule has 0 saturated carbocycles. The van der Waals surface area contributed by atoms with Crippen LogP contribution in [0.1, 0.15) is 37.0 Å². The Morgan fingerprint density at radius 2 is 1.86 bits per heavy atom. The topological polar surface area (TPSA) is 41.1 Å². The molecular weight excluding hydrogens is 176 g/mol. The van der Waals surface area contributed by atoms with E-state index in [9.17, 15) is 4.79 Å². The molecule has 0 aliphatic carbocycles. The summed E-state index contributed by atoms with van der Waals surface area (Å²) < 4.78 is 0. The molecule has 3 heteroatoms. The van der Waals surface area contributed by atoms with Crippen LogP contribution >= 0.6 is 0 Å².